The molecule has 0 aliphatic carbocycles. The third-order valence-corrected chi connectivity index (χ3v) is 4.54. The number of hydrogen-bond donors (Lipinski definition) is 1. The van der Waals surface area contributed by atoms with E-state index in [1.807, 2.05) is 63.2 Å². The largest absolute Gasteiger partial charge is 0.345 e. The number of nitrogens with zero attached hydrogens (tertiary/aromatic N) is 2. The number of aryl methyl sites for hydroxylation is 2. The average Bonchev–Trinajstić information content (AvgIpc) is 2.97. The van der Waals surface area contributed by atoms with Gasteiger partial charge in [-0.2, -0.15) is 5.10 Å². The van der Waals surface area contributed by atoms with Crippen molar-refractivity contribution in [1.29, 1.82) is 0 Å². The Morgan fingerprint density at radius 3 is 2.40 bits per heavy atom. The minimum Gasteiger partial charge on any atom is -0.345 e. The summed E-state index contributed by atoms with van der Waals surface area (Å²) in [6.45, 7) is 8.02. The molecule has 4 heteroatoms. The highest BCUT2D eigenvalue weighted by atomic mass is 16.1. The fourth-order valence-electron chi connectivity index (χ4n) is 3.00. The Bertz CT molecular complexity index is 894. The second-order valence-corrected chi connectivity index (χ2v) is 6.44. The molecule has 3 aromatic rings. The monoisotopic (exact) mass is 333 g/mol. The fourth-order valence-corrected chi connectivity index (χ4v) is 3.00. The number of hydrogen-bond acceptors (Lipinski definition) is 2. The van der Waals surface area contributed by atoms with Crippen molar-refractivity contribution in [3.05, 3.63) is 82.7 Å². The molecule has 4 nitrogen and oxygen atoms in total. The fraction of sp³-hybridized carbons (Fsp3) is 0.238. The minimum atomic E-state index is -0.105. The van der Waals surface area contributed by atoms with Crippen LogP contribution >= 0.6 is 0 Å². The zero-order valence-corrected chi connectivity index (χ0v) is 15.1. The summed E-state index contributed by atoms with van der Waals surface area (Å²) in [6, 6.07) is 16.1. The summed E-state index contributed by atoms with van der Waals surface area (Å²) in [7, 11) is 0. The summed E-state index contributed by atoms with van der Waals surface area (Å²) in [4.78, 5) is 12.7. The Balaban J connectivity index is 1.81. The van der Waals surface area contributed by atoms with E-state index in [1.165, 1.54) is 11.1 Å². The molecule has 0 aliphatic rings. The first-order valence-electron chi connectivity index (χ1n) is 8.45. The Morgan fingerprint density at radius 1 is 1.04 bits per heavy atom. The lowest BCUT2D eigenvalue weighted by atomic mass is 10.0. The number of rotatable bonds is 4. The van der Waals surface area contributed by atoms with E-state index in [9.17, 15) is 4.79 Å². The number of nitrogens with one attached hydrogen (secondary N) is 1. The van der Waals surface area contributed by atoms with Gasteiger partial charge in [0.1, 0.15) is 0 Å². The highest BCUT2D eigenvalue weighted by molar-refractivity contribution is 5.95. The van der Waals surface area contributed by atoms with Gasteiger partial charge in [-0.15, -0.1) is 0 Å². The number of benzene rings is 2. The van der Waals surface area contributed by atoms with Gasteiger partial charge in [0, 0.05) is 0 Å². The smallest absolute Gasteiger partial charge is 0.255 e. The van der Waals surface area contributed by atoms with E-state index in [2.05, 4.69) is 23.4 Å². The van der Waals surface area contributed by atoms with Gasteiger partial charge >= 0.3 is 0 Å². The normalized spacial score (nSPS) is 12.0. The molecule has 0 fully saturated rings. The first kappa shape index (κ1) is 17.0. The maximum Gasteiger partial charge on any atom is 0.255 e. The lowest BCUT2D eigenvalue weighted by Crippen LogP contribution is -2.27. The van der Waals surface area contributed by atoms with Crippen molar-refractivity contribution in [3.63, 3.8) is 0 Å². The molecular weight excluding hydrogens is 310 g/mol. The third kappa shape index (κ3) is 3.48. The van der Waals surface area contributed by atoms with Crippen molar-refractivity contribution >= 4 is 5.91 Å². The number of carbonyl (C=O) groups excluding carboxylic acids is 1. The summed E-state index contributed by atoms with van der Waals surface area (Å²) < 4.78 is 1.80. The van der Waals surface area contributed by atoms with Crippen molar-refractivity contribution in [2.24, 2.45) is 0 Å². The van der Waals surface area contributed by atoms with Gasteiger partial charge in [0.15, 0.2) is 0 Å². The predicted molar refractivity (Wildman–Crippen MR) is 100 cm³/mol. The van der Waals surface area contributed by atoms with Gasteiger partial charge in [-0.05, 0) is 51.0 Å². The maximum absolute atomic E-state index is 12.7. The number of aromatic nitrogens is 2. The molecule has 1 heterocycles. The van der Waals surface area contributed by atoms with Crippen LogP contribution in [0.4, 0.5) is 0 Å². The molecule has 0 radical (unpaired) electrons. The molecule has 1 aromatic heterocycles. The summed E-state index contributed by atoms with van der Waals surface area (Å²) >= 11 is 0. The van der Waals surface area contributed by atoms with Crippen LogP contribution in [0.2, 0.25) is 0 Å². The van der Waals surface area contributed by atoms with Crippen LogP contribution in [0.25, 0.3) is 5.69 Å². The molecule has 2 aromatic carbocycles. The topological polar surface area (TPSA) is 46.9 Å². The quantitative estimate of drug-likeness (QED) is 0.774. The molecule has 0 saturated carbocycles. The molecular formula is C21H23N3O. The molecule has 1 atom stereocenters. The summed E-state index contributed by atoms with van der Waals surface area (Å²) in [5.41, 5.74) is 5.87. The van der Waals surface area contributed by atoms with Gasteiger partial charge in [-0.3, -0.25) is 4.79 Å². The molecule has 0 bridgehead atoms. The summed E-state index contributed by atoms with van der Waals surface area (Å²) in [5.74, 6) is -0.105. The molecule has 1 amide bonds. The first-order valence-corrected chi connectivity index (χ1v) is 8.45. The SMILES string of the molecule is Cc1ccc(-n2ncc(C(=O)N[C@@H](C)c3ccccc3C)c2C)cc1. The lowest BCUT2D eigenvalue weighted by Gasteiger charge is -2.16. The number of amides is 1. The molecule has 1 N–H and O–H groups in total. The average molecular weight is 333 g/mol. The van der Waals surface area contributed by atoms with E-state index in [4.69, 9.17) is 0 Å². The molecule has 128 valence electrons. The number of carbonyl (C=O) groups is 1. The molecule has 0 unspecified atom stereocenters. The van der Waals surface area contributed by atoms with Gasteiger partial charge in [-0.1, -0.05) is 42.0 Å². The van der Waals surface area contributed by atoms with Crippen LogP contribution in [0.1, 0.15) is 45.7 Å². The van der Waals surface area contributed by atoms with E-state index in [0.29, 0.717) is 5.56 Å². The van der Waals surface area contributed by atoms with E-state index in [-0.39, 0.29) is 11.9 Å². The second kappa shape index (κ2) is 6.93. The highest BCUT2D eigenvalue weighted by Crippen LogP contribution is 2.19. The highest BCUT2D eigenvalue weighted by Gasteiger charge is 2.18. The van der Waals surface area contributed by atoms with Crippen molar-refractivity contribution in [1.82, 2.24) is 15.1 Å². The zero-order chi connectivity index (χ0) is 18.0. The Hall–Kier alpha value is -2.88. The second-order valence-electron chi connectivity index (χ2n) is 6.44. The molecule has 0 spiro atoms. The standard InChI is InChI=1S/C21H23N3O/c1-14-9-11-18(12-10-14)24-17(4)20(13-22-24)21(25)23-16(3)19-8-6-5-7-15(19)2/h5-13,16H,1-4H3,(H,23,25)/t16-/m0/s1. The third-order valence-electron chi connectivity index (χ3n) is 4.54. The molecule has 3 rings (SSSR count). The Morgan fingerprint density at radius 2 is 1.72 bits per heavy atom. The van der Waals surface area contributed by atoms with Crippen molar-refractivity contribution < 1.29 is 4.79 Å². The van der Waals surface area contributed by atoms with Crippen molar-refractivity contribution in [2.45, 2.75) is 33.7 Å². The van der Waals surface area contributed by atoms with Crippen LogP contribution in [0.3, 0.4) is 0 Å². The molecule has 25 heavy (non-hydrogen) atoms. The van der Waals surface area contributed by atoms with Gasteiger partial charge < -0.3 is 5.32 Å². The van der Waals surface area contributed by atoms with Gasteiger partial charge in [0.2, 0.25) is 0 Å². The van der Waals surface area contributed by atoms with E-state index in [0.717, 1.165) is 16.9 Å². The molecule has 0 saturated heterocycles. The van der Waals surface area contributed by atoms with Crippen LogP contribution in [0.15, 0.2) is 54.7 Å². The zero-order valence-electron chi connectivity index (χ0n) is 15.1. The van der Waals surface area contributed by atoms with Crippen LogP contribution < -0.4 is 5.32 Å². The van der Waals surface area contributed by atoms with Gasteiger partial charge in [0.05, 0.1) is 29.2 Å². The van der Waals surface area contributed by atoms with Crippen LogP contribution in [0.5, 0.6) is 0 Å². The van der Waals surface area contributed by atoms with Gasteiger partial charge in [-0.25, -0.2) is 4.68 Å². The predicted octanol–water partition coefficient (Wildman–Crippen LogP) is 4.29. The Labute approximate surface area is 148 Å². The Kier molecular flexibility index (Phi) is 4.70. The minimum absolute atomic E-state index is 0.0594. The van der Waals surface area contributed by atoms with E-state index in [1.54, 1.807) is 10.9 Å². The van der Waals surface area contributed by atoms with Gasteiger partial charge in [0.25, 0.3) is 5.91 Å². The maximum atomic E-state index is 12.7. The van der Waals surface area contributed by atoms with Crippen LogP contribution in [0, 0.1) is 20.8 Å². The summed E-state index contributed by atoms with van der Waals surface area (Å²) in [5, 5.41) is 7.47. The molecule has 0 aliphatic heterocycles. The first-order chi connectivity index (χ1) is 12.0. The summed E-state index contributed by atoms with van der Waals surface area (Å²) in [6.07, 6.45) is 1.63. The van der Waals surface area contributed by atoms with Crippen LogP contribution in [-0.2, 0) is 0 Å². The van der Waals surface area contributed by atoms with Crippen LogP contribution in [-0.4, -0.2) is 15.7 Å². The van der Waals surface area contributed by atoms with Crippen molar-refractivity contribution in [3.8, 4) is 5.69 Å². The van der Waals surface area contributed by atoms with Crippen molar-refractivity contribution in [2.75, 3.05) is 0 Å². The van der Waals surface area contributed by atoms with E-state index < -0.39 is 0 Å². The van der Waals surface area contributed by atoms with E-state index >= 15 is 0 Å². The lowest BCUT2D eigenvalue weighted by molar-refractivity contribution is 0.0939.